The van der Waals surface area contributed by atoms with E-state index in [0.29, 0.717) is 29.1 Å². The molecule has 1 aromatic carbocycles. The summed E-state index contributed by atoms with van der Waals surface area (Å²) in [5.74, 6) is 2.13. The van der Waals surface area contributed by atoms with Gasteiger partial charge in [0, 0.05) is 32.7 Å². The van der Waals surface area contributed by atoms with Crippen molar-refractivity contribution in [3.63, 3.8) is 0 Å². The number of ether oxygens (including phenoxy) is 2. The van der Waals surface area contributed by atoms with Crippen molar-refractivity contribution in [1.29, 1.82) is 0 Å². The second-order valence-corrected chi connectivity index (χ2v) is 7.93. The van der Waals surface area contributed by atoms with Crippen molar-refractivity contribution in [1.82, 2.24) is 10.6 Å². The summed E-state index contributed by atoms with van der Waals surface area (Å²) in [7, 11) is 1.79. The first-order valence-corrected chi connectivity index (χ1v) is 10.3. The third-order valence-electron chi connectivity index (χ3n) is 4.82. The van der Waals surface area contributed by atoms with Crippen LogP contribution in [0.2, 0.25) is 5.02 Å². The van der Waals surface area contributed by atoms with Gasteiger partial charge in [0.25, 0.3) is 0 Å². The molecule has 2 N–H and O–H groups in total. The smallest absolute Gasteiger partial charge is 0.231 e. The zero-order valence-electron chi connectivity index (χ0n) is 15.6. The molecule has 1 fully saturated rings. The molecule has 0 radical (unpaired) electrons. The number of nitrogens with zero attached hydrogens (tertiary/aromatic N) is 2. The van der Waals surface area contributed by atoms with E-state index in [1.54, 1.807) is 18.4 Å². The van der Waals surface area contributed by atoms with E-state index in [1.165, 1.54) is 5.00 Å². The fraction of sp³-hybridized carbons (Fsp3) is 0.421. The molecule has 4 rings (SSSR count). The van der Waals surface area contributed by atoms with E-state index in [9.17, 15) is 0 Å². The van der Waals surface area contributed by atoms with Crippen LogP contribution < -0.4 is 25.0 Å². The number of rotatable bonds is 4. The SMILES string of the molecule is CN=C(NCc1cc(Cl)c2c(c1)OCO2)NC1CCN(c2cccs2)CC1.I. The molecule has 9 heteroatoms. The monoisotopic (exact) mass is 534 g/mol. The Balaban J connectivity index is 0.00000225. The van der Waals surface area contributed by atoms with Crippen molar-refractivity contribution in [2.75, 3.05) is 31.8 Å². The quantitative estimate of drug-likeness (QED) is 0.352. The van der Waals surface area contributed by atoms with Gasteiger partial charge in [-0.05, 0) is 48.1 Å². The van der Waals surface area contributed by atoms with Crippen LogP contribution in [0.15, 0.2) is 34.6 Å². The van der Waals surface area contributed by atoms with Gasteiger partial charge < -0.3 is 25.0 Å². The van der Waals surface area contributed by atoms with Crippen LogP contribution >= 0.6 is 46.9 Å². The number of fused-ring (bicyclic) bond motifs is 1. The molecule has 28 heavy (non-hydrogen) atoms. The van der Waals surface area contributed by atoms with Crippen molar-refractivity contribution in [2.45, 2.75) is 25.4 Å². The number of piperidine rings is 1. The highest BCUT2D eigenvalue weighted by Gasteiger charge is 2.21. The molecule has 1 aromatic heterocycles. The van der Waals surface area contributed by atoms with Crippen LogP contribution in [0.25, 0.3) is 0 Å². The van der Waals surface area contributed by atoms with Crippen LogP contribution in [-0.4, -0.2) is 38.9 Å². The van der Waals surface area contributed by atoms with Crippen LogP contribution in [0.3, 0.4) is 0 Å². The molecule has 0 saturated carbocycles. The number of nitrogens with one attached hydrogen (secondary N) is 2. The number of thiophene rings is 1. The maximum absolute atomic E-state index is 6.25. The Labute approximate surface area is 191 Å². The number of hydrogen-bond donors (Lipinski definition) is 2. The van der Waals surface area contributed by atoms with Gasteiger partial charge in [-0.1, -0.05) is 11.6 Å². The first-order chi connectivity index (χ1) is 13.2. The van der Waals surface area contributed by atoms with Crippen LogP contribution in [0.4, 0.5) is 5.00 Å². The summed E-state index contributed by atoms with van der Waals surface area (Å²) < 4.78 is 10.8. The molecule has 2 aliphatic rings. The number of hydrogen-bond acceptors (Lipinski definition) is 5. The summed E-state index contributed by atoms with van der Waals surface area (Å²) in [4.78, 5) is 6.81. The van der Waals surface area contributed by atoms with Gasteiger partial charge in [-0.25, -0.2) is 0 Å². The summed E-state index contributed by atoms with van der Waals surface area (Å²) in [6, 6.07) is 8.57. The van der Waals surface area contributed by atoms with Crippen molar-refractivity contribution in [3.05, 3.63) is 40.2 Å². The molecule has 152 valence electrons. The van der Waals surface area contributed by atoms with E-state index >= 15 is 0 Å². The fourth-order valence-corrected chi connectivity index (χ4v) is 4.46. The van der Waals surface area contributed by atoms with Gasteiger partial charge in [0.15, 0.2) is 17.5 Å². The number of halogens is 2. The lowest BCUT2D eigenvalue weighted by Crippen LogP contribution is -2.48. The van der Waals surface area contributed by atoms with Crippen LogP contribution in [0.1, 0.15) is 18.4 Å². The zero-order valence-corrected chi connectivity index (χ0v) is 19.5. The van der Waals surface area contributed by atoms with E-state index in [-0.39, 0.29) is 30.8 Å². The van der Waals surface area contributed by atoms with Gasteiger partial charge in [-0.2, -0.15) is 0 Å². The third-order valence-corrected chi connectivity index (χ3v) is 6.03. The third kappa shape index (κ3) is 4.96. The van der Waals surface area contributed by atoms with Crippen molar-refractivity contribution in [3.8, 4) is 11.5 Å². The molecule has 2 aliphatic heterocycles. The standard InChI is InChI=1S/C19H23ClN4O2S.HI/c1-21-19(22-11-13-9-15(20)18-16(10-13)25-12-26-18)23-14-4-6-24(7-5-14)17-3-2-8-27-17;/h2-3,8-10,14H,4-7,11-12H2,1H3,(H2,21,22,23);1H. The van der Waals surface area contributed by atoms with Gasteiger partial charge in [0.1, 0.15) is 0 Å². The van der Waals surface area contributed by atoms with Crippen molar-refractivity contribution < 1.29 is 9.47 Å². The normalized spacial score (nSPS) is 16.6. The number of guanidine groups is 1. The van der Waals surface area contributed by atoms with E-state index < -0.39 is 0 Å². The highest BCUT2D eigenvalue weighted by molar-refractivity contribution is 14.0. The van der Waals surface area contributed by atoms with Gasteiger partial charge in [-0.15, -0.1) is 35.3 Å². The number of benzene rings is 1. The summed E-state index contributed by atoms with van der Waals surface area (Å²) in [5, 5.41) is 11.0. The topological polar surface area (TPSA) is 58.1 Å². The predicted molar refractivity (Wildman–Crippen MR) is 126 cm³/mol. The molecule has 0 aliphatic carbocycles. The molecular formula is C19H24ClIN4O2S. The Morgan fingerprint density at radius 2 is 2.14 bits per heavy atom. The molecule has 6 nitrogen and oxygen atoms in total. The molecule has 0 atom stereocenters. The molecule has 0 spiro atoms. The van der Waals surface area contributed by atoms with E-state index in [1.807, 2.05) is 12.1 Å². The van der Waals surface area contributed by atoms with Gasteiger partial charge in [-0.3, -0.25) is 4.99 Å². The van der Waals surface area contributed by atoms with Gasteiger partial charge in [0.2, 0.25) is 6.79 Å². The minimum Gasteiger partial charge on any atom is -0.454 e. The minimum absolute atomic E-state index is 0. The lowest BCUT2D eigenvalue weighted by molar-refractivity contribution is 0.174. The molecule has 0 unspecified atom stereocenters. The lowest BCUT2D eigenvalue weighted by Gasteiger charge is -2.33. The number of aliphatic imine (C=N–C) groups is 1. The Morgan fingerprint density at radius 3 is 2.86 bits per heavy atom. The fourth-order valence-electron chi connectivity index (χ4n) is 3.39. The largest absolute Gasteiger partial charge is 0.454 e. The zero-order chi connectivity index (χ0) is 18.6. The maximum atomic E-state index is 6.25. The highest BCUT2D eigenvalue weighted by Crippen LogP contribution is 2.39. The maximum Gasteiger partial charge on any atom is 0.231 e. The predicted octanol–water partition coefficient (Wildman–Crippen LogP) is 4.08. The van der Waals surface area contributed by atoms with Crippen molar-refractivity contribution >= 4 is 57.9 Å². The molecule has 0 bridgehead atoms. The Morgan fingerprint density at radius 1 is 1.32 bits per heavy atom. The summed E-state index contributed by atoms with van der Waals surface area (Å²) in [5.41, 5.74) is 1.03. The molecule has 1 saturated heterocycles. The van der Waals surface area contributed by atoms with Crippen LogP contribution in [-0.2, 0) is 6.54 Å². The molecule has 0 amide bonds. The summed E-state index contributed by atoms with van der Waals surface area (Å²) in [6.07, 6.45) is 2.18. The average Bonchev–Trinajstić information content (AvgIpc) is 3.37. The first-order valence-electron chi connectivity index (χ1n) is 9.06. The Kier molecular flexibility index (Phi) is 7.53. The van der Waals surface area contributed by atoms with E-state index in [2.05, 4.69) is 38.0 Å². The van der Waals surface area contributed by atoms with Gasteiger partial charge >= 0.3 is 0 Å². The summed E-state index contributed by atoms with van der Waals surface area (Å²) >= 11 is 8.06. The second kappa shape index (κ2) is 9.89. The van der Waals surface area contributed by atoms with E-state index in [4.69, 9.17) is 21.1 Å². The molecule has 3 heterocycles. The van der Waals surface area contributed by atoms with Crippen molar-refractivity contribution in [2.24, 2.45) is 4.99 Å². The first kappa shape index (κ1) is 21.3. The lowest BCUT2D eigenvalue weighted by atomic mass is 10.1. The van der Waals surface area contributed by atoms with Crippen LogP contribution in [0, 0.1) is 0 Å². The highest BCUT2D eigenvalue weighted by atomic mass is 127. The van der Waals surface area contributed by atoms with Crippen LogP contribution in [0.5, 0.6) is 11.5 Å². The number of anilines is 1. The molecule has 2 aromatic rings. The second-order valence-electron chi connectivity index (χ2n) is 6.59. The molecular weight excluding hydrogens is 511 g/mol. The Bertz CT molecular complexity index is 811. The average molecular weight is 535 g/mol. The Hall–Kier alpha value is -1.39. The van der Waals surface area contributed by atoms with Gasteiger partial charge in [0.05, 0.1) is 10.0 Å². The summed E-state index contributed by atoms with van der Waals surface area (Å²) in [6.45, 7) is 2.96. The minimum atomic E-state index is 0. The van der Waals surface area contributed by atoms with E-state index in [0.717, 1.165) is 37.5 Å².